The summed E-state index contributed by atoms with van der Waals surface area (Å²) in [7, 11) is 0. The second-order valence-electron chi connectivity index (χ2n) is 4.83. The van der Waals surface area contributed by atoms with Crippen LogP contribution in [0.4, 0.5) is 22.7 Å². The Morgan fingerprint density at radius 3 is 2.60 bits per heavy atom. The van der Waals surface area contributed by atoms with Gasteiger partial charge in [-0.15, -0.1) is 0 Å². The number of hydrogen-bond acceptors (Lipinski definition) is 4. The second-order valence-corrected chi connectivity index (χ2v) is 4.83. The first-order valence-electron chi connectivity index (χ1n) is 6.61. The smallest absolute Gasteiger partial charge is 0.269 e. The molecule has 0 unspecified atom stereocenters. The van der Waals surface area contributed by atoms with Gasteiger partial charge in [-0.3, -0.25) is 10.1 Å². The van der Waals surface area contributed by atoms with Crippen molar-refractivity contribution >= 4 is 22.7 Å². The molecule has 0 amide bonds. The highest BCUT2D eigenvalue weighted by atomic mass is 16.6. The molecule has 5 nitrogen and oxygen atoms in total. The van der Waals surface area contributed by atoms with Crippen LogP contribution in [0.5, 0.6) is 0 Å². The number of hydrogen-bond donors (Lipinski definition) is 2. The Balaban J connectivity index is 1.78. The predicted molar refractivity (Wildman–Crippen MR) is 79.6 cm³/mol. The number of nitrogens with one attached hydrogen (secondary N) is 2. The number of nitro benzene ring substituents is 1. The van der Waals surface area contributed by atoms with E-state index in [1.807, 2.05) is 6.07 Å². The van der Waals surface area contributed by atoms with Gasteiger partial charge in [-0.05, 0) is 48.7 Å². The summed E-state index contributed by atoms with van der Waals surface area (Å²) in [6.07, 6.45) is 2.23. The number of benzene rings is 2. The van der Waals surface area contributed by atoms with Crippen LogP contribution >= 0.6 is 0 Å². The summed E-state index contributed by atoms with van der Waals surface area (Å²) in [6, 6.07) is 12.7. The van der Waals surface area contributed by atoms with E-state index in [1.54, 1.807) is 12.1 Å². The van der Waals surface area contributed by atoms with Gasteiger partial charge in [0.2, 0.25) is 0 Å². The van der Waals surface area contributed by atoms with E-state index in [4.69, 9.17) is 0 Å². The van der Waals surface area contributed by atoms with Crippen LogP contribution in [0.25, 0.3) is 0 Å². The Hall–Kier alpha value is -2.56. The fraction of sp³-hybridized carbons (Fsp3) is 0.200. The number of nitrogens with zero attached hydrogens (tertiary/aromatic N) is 1. The van der Waals surface area contributed by atoms with Crippen molar-refractivity contribution < 1.29 is 4.92 Å². The number of nitro groups is 1. The van der Waals surface area contributed by atoms with Crippen molar-refractivity contribution in [1.82, 2.24) is 0 Å². The van der Waals surface area contributed by atoms with E-state index < -0.39 is 4.92 Å². The summed E-state index contributed by atoms with van der Waals surface area (Å²) in [4.78, 5) is 10.2. The Labute approximate surface area is 116 Å². The van der Waals surface area contributed by atoms with Gasteiger partial charge in [0.1, 0.15) is 0 Å². The topological polar surface area (TPSA) is 67.2 Å². The normalized spacial score (nSPS) is 13.2. The van der Waals surface area contributed by atoms with Gasteiger partial charge in [-0.25, -0.2) is 0 Å². The SMILES string of the molecule is O=[N+]([O-])c1ccc(Nc2ccc3c(c2)CCCN3)cc1. The average Bonchev–Trinajstić information content (AvgIpc) is 2.48. The molecule has 0 aliphatic carbocycles. The van der Waals surface area contributed by atoms with Gasteiger partial charge in [-0.1, -0.05) is 0 Å². The standard InChI is InChI=1S/C15H15N3O2/c19-18(20)14-6-3-12(4-7-14)17-13-5-8-15-11(10-13)2-1-9-16-15/h3-8,10,16-17H,1-2,9H2. The van der Waals surface area contributed by atoms with Crippen LogP contribution in [0.2, 0.25) is 0 Å². The maximum atomic E-state index is 10.6. The van der Waals surface area contributed by atoms with Gasteiger partial charge in [0, 0.05) is 35.7 Å². The third-order valence-corrected chi connectivity index (χ3v) is 3.41. The first-order chi connectivity index (χ1) is 9.72. The minimum atomic E-state index is -0.394. The van der Waals surface area contributed by atoms with Crippen molar-refractivity contribution in [2.75, 3.05) is 17.2 Å². The lowest BCUT2D eigenvalue weighted by atomic mass is 10.0. The Bertz CT molecular complexity index is 638. The minimum Gasteiger partial charge on any atom is -0.385 e. The van der Waals surface area contributed by atoms with E-state index in [2.05, 4.69) is 22.8 Å². The highest BCUT2D eigenvalue weighted by molar-refractivity contribution is 5.66. The summed E-state index contributed by atoms with van der Waals surface area (Å²) in [6.45, 7) is 1.03. The zero-order chi connectivity index (χ0) is 13.9. The predicted octanol–water partition coefficient (Wildman–Crippen LogP) is 3.70. The van der Waals surface area contributed by atoms with Crippen LogP contribution in [0.15, 0.2) is 42.5 Å². The van der Waals surface area contributed by atoms with E-state index in [0.717, 1.165) is 30.8 Å². The fourth-order valence-corrected chi connectivity index (χ4v) is 2.39. The van der Waals surface area contributed by atoms with Gasteiger partial charge >= 0.3 is 0 Å². The molecule has 3 rings (SSSR count). The molecule has 2 aromatic rings. The maximum Gasteiger partial charge on any atom is 0.269 e. The number of rotatable bonds is 3. The van der Waals surface area contributed by atoms with Crippen LogP contribution in [0.1, 0.15) is 12.0 Å². The minimum absolute atomic E-state index is 0.102. The molecule has 0 bridgehead atoms. The van der Waals surface area contributed by atoms with Gasteiger partial charge in [-0.2, -0.15) is 0 Å². The van der Waals surface area contributed by atoms with E-state index in [-0.39, 0.29) is 5.69 Å². The second kappa shape index (κ2) is 5.21. The van der Waals surface area contributed by atoms with Gasteiger partial charge < -0.3 is 10.6 Å². The van der Waals surface area contributed by atoms with E-state index in [0.29, 0.717) is 0 Å². The molecule has 0 fully saturated rings. The first kappa shape index (κ1) is 12.5. The summed E-state index contributed by atoms with van der Waals surface area (Å²) in [5.74, 6) is 0. The molecule has 1 heterocycles. The van der Waals surface area contributed by atoms with Crippen LogP contribution in [-0.2, 0) is 6.42 Å². The molecule has 0 aromatic heterocycles. The third-order valence-electron chi connectivity index (χ3n) is 3.41. The quantitative estimate of drug-likeness (QED) is 0.658. The summed E-state index contributed by atoms with van der Waals surface area (Å²) in [5.41, 5.74) is 4.46. The monoisotopic (exact) mass is 269 g/mol. The van der Waals surface area contributed by atoms with Crippen molar-refractivity contribution in [1.29, 1.82) is 0 Å². The zero-order valence-electron chi connectivity index (χ0n) is 10.9. The van der Waals surface area contributed by atoms with Crippen LogP contribution < -0.4 is 10.6 Å². The van der Waals surface area contributed by atoms with E-state index >= 15 is 0 Å². The van der Waals surface area contributed by atoms with Gasteiger partial charge in [0.05, 0.1) is 4.92 Å². The molecule has 0 saturated heterocycles. The molecular weight excluding hydrogens is 254 g/mol. The lowest BCUT2D eigenvalue weighted by Gasteiger charge is -2.19. The Morgan fingerprint density at radius 2 is 1.85 bits per heavy atom. The molecular formula is C15H15N3O2. The summed E-state index contributed by atoms with van der Waals surface area (Å²) < 4.78 is 0. The summed E-state index contributed by atoms with van der Waals surface area (Å²) >= 11 is 0. The lowest BCUT2D eigenvalue weighted by molar-refractivity contribution is -0.384. The number of anilines is 3. The van der Waals surface area contributed by atoms with Gasteiger partial charge in [0.15, 0.2) is 0 Å². The van der Waals surface area contributed by atoms with Crippen LogP contribution in [-0.4, -0.2) is 11.5 Å². The number of aryl methyl sites for hydroxylation is 1. The molecule has 2 aromatic carbocycles. The summed E-state index contributed by atoms with van der Waals surface area (Å²) in [5, 5.41) is 17.2. The third kappa shape index (κ3) is 2.56. The molecule has 0 atom stereocenters. The maximum absolute atomic E-state index is 10.6. The van der Waals surface area contributed by atoms with Crippen molar-refractivity contribution in [2.24, 2.45) is 0 Å². The van der Waals surface area contributed by atoms with Crippen molar-refractivity contribution in [3.8, 4) is 0 Å². The molecule has 20 heavy (non-hydrogen) atoms. The molecule has 2 N–H and O–H groups in total. The van der Waals surface area contributed by atoms with Crippen LogP contribution in [0, 0.1) is 10.1 Å². The molecule has 102 valence electrons. The molecule has 1 aliphatic rings. The van der Waals surface area contributed by atoms with Crippen molar-refractivity contribution in [3.05, 3.63) is 58.1 Å². The number of fused-ring (bicyclic) bond motifs is 1. The number of non-ortho nitro benzene ring substituents is 1. The highest BCUT2D eigenvalue weighted by Gasteiger charge is 2.09. The Morgan fingerprint density at radius 1 is 1.10 bits per heavy atom. The molecule has 0 radical (unpaired) electrons. The van der Waals surface area contributed by atoms with Crippen LogP contribution in [0.3, 0.4) is 0 Å². The van der Waals surface area contributed by atoms with E-state index in [9.17, 15) is 10.1 Å². The fourth-order valence-electron chi connectivity index (χ4n) is 2.39. The zero-order valence-corrected chi connectivity index (χ0v) is 10.9. The average molecular weight is 269 g/mol. The largest absolute Gasteiger partial charge is 0.385 e. The molecule has 0 spiro atoms. The van der Waals surface area contributed by atoms with Crippen molar-refractivity contribution in [2.45, 2.75) is 12.8 Å². The molecule has 0 saturated carbocycles. The highest BCUT2D eigenvalue weighted by Crippen LogP contribution is 2.27. The lowest BCUT2D eigenvalue weighted by Crippen LogP contribution is -2.11. The molecule has 5 heteroatoms. The first-order valence-corrected chi connectivity index (χ1v) is 6.61. The van der Waals surface area contributed by atoms with E-state index in [1.165, 1.54) is 23.4 Å². The molecule has 1 aliphatic heterocycles. The van der Waals surface area contributed by atoms with Gasteiger partial charge in [0.25, 0.3) is 5.69 Å². The Kier molecular flexibility index (Phi) is 3.25. The van der Waals surface area contributed by atoms with Crippen molar-refractivity contribution in [3.63, 3.8) is 0 Å².